The maximum Gasteiger partial charge on any atom is 0.416 e. The van der Waals surface area contributed by atoms with Crippen molar-refractivity contribution in [3.8, 4) is 0 Å². The third-order valence-electron chi connectivity index (χ3n) is 3.53. The largest absolute Gasteiger partial charge is 0.416 e. The molecule has 0 aliphatic carbocycles. The van der Waals surface area contributed by atoms with E-state index in [0.717, 1.165) is 39.4 Å². The smallest absolute Gasteiger partial charge is 0.360 e. The Hall–Kier alpha value is -1.92. The van der Waals surface area contributed by atoms with Crippen LogP contribution in [0.5, 0.6) is 0 Å². The quantitative estimate of drug-likeness (QED) is 0.697. The highest BCUT2D eigenvalue weighted by Gasteiger charge is 2.30. The van der Waals surface area contributed by atoms with Crippen LogP contribution in [0, 0.1) is 0 Å². The number of alkyl halides is 3. The molecule has 3 aromatic rings. The van der Waals surface area contributed by atoms with Crippen molar-refractivity contribution in [3.05, 3.63) is 59.8 Å². The summed E-state index contributed by atoms with van der Waals surface area (Å²) in [4.78, 5) is 4.94. The first-order valence-electron chi connectivity index (χ1n) is 7.08. The summed E-state index contributed by atoms with van der Waals surface area (Å²) in [5.74, 6) is 0. The Labute approximate surface area is 136 Å². The lowest BCUT2D eigenvalue weighted by Crippen LogP contribution is -2.05. The average Bonchev–Trinajstić information content (AvgIpc) is 2.91. The standard InChI is InChI=1S/C17H15F3N2S/c1-21-9-11-4-2-3-5-15(11)23-16-10-22-14-8-12(17(18,19)20)6-7-13(14)16/h2-8,10,21-22H,9H2,1H3. The summed E-state index contributed by atoms with van der Waals surface area (Å²) in [7, 11) is 1.88. The van der Waals surface area contributed by atoms with Crippen molar-refractivity contribution in [2.75, 3.05) is 7.05 Å². The Morgan fingerprint density at radius 3 is 2.61 bits per heavy atom. The molecule has 3 rings (SSSR count). The molecule has 0 spiro atoms. The molecule has 0 aliphatic rings. The highest BCUT2D eigenvalue weighted by molar-refractivity contribution is 7.99. The maximum atomic E-state index is 12.8. The molecule has 120 valence electrons. The van der Waals surface area contributed by atoms with Crippen LogP contribution in [0.1, 0.15) is 11.1 Å². The minimum absolute atomic E-state index is 0.494. The second-order valence-electron chi connectivity index (χ2n) is 5.15. The second kappa shape index (κ2) is 6.29. The van der Waals surface area contributed by atoms with E-state index in [9.17, 15) is 13.2 Å². The van der Waals surface area contributed by atoms with Gasteiger partial charge in [-0.15, -0.1) is 0 Å². The molecule has 0 aliphatic heterocycles. The van der Waals surface area contributed by atoms with Crippen LogP contribution in [0.3, 0.4) is 0 Å². The molecule has 0 atom stereocenters. The van der Waals surface area contributed by atoms with E-state index in [0.29, 0.717) is 5.52 Å². The zero-order chi connectivity index (χ0) is 16.4. The highest BCUT2D eigenvalue weighted by Crippen LogP contribution is 2.37. The number of nitrogens with one attached hydrogen (secondary N) is 2. The minimum atomic E-state index is -4.33. The fraction of sp³-hybridized carbons (Fsp3) is 0.176. The summed E-state index contributed by atoms with van der Waals surface area (Å²) in [6, 6.07) is 11.8. The van der Waals surface area contributed by atoms with Gasteiger partial charge < -0.3 is 10.3 Å². The third kappa shape index (κ3) is 3.38. The van der Waals surface area contributed by atoms with E-state index in [1.165, 1.54) is 6.07 Å². The number of benzene rings is 2. The summed E-state index contributed by atoms with van der Waals surface area (Å²) in [6.45, 7) is 0.740. The molecule has 0 unspecified atom stereocenters. The van der Waals surface area contributed by atoms with Crippen molar-refractivity contribution in [1.82, 2.24) is 10.3 Å². The van der Waals surface area contributed by atoms with Crippen LogP contribution in [0.25, 0.3) is 10.9 Å². The van der Waals surface area contributed by atoms with Gasteiger partial charge in [0.1, 0.15) is 0 Å². The first kappa shape index (κ1) is 16.0. The van der Waals surface area contributed by atoms with Gasteiger partial charge in [-0.1, -0.05) is 36.0 Å². The Bertz CT molecular complexity index is 824. The monoisotopic (exact) mass is 336 g/mol. The van der Waals surface area contributed by atoms with Gasteiger partial charge in [0.15, 0.2) is 0 Å². The first-order valence-corrected chi connectivity index (χ1v) is 7.89. The second-order valence-corrected chi connectivity index (χ2v) is 6.23. The van der Waals surface area contributed by atoms with E-state index in [4.69, 9.17) is 0 Å². The van der Waals surface area contributed by atoms with E-state index in [1.54, 1.807) is 18.0 Å². The molecule has 6 heteroatoms. The van der Waals surface area contributed by atoms with Gasteiger partial charge in [-0.05, 0) is 30.8 Å². The maximum absolute atomic E-state index is 12.8. The van der Waals surface area contributed by atoms with E-state index in [-0.39, 0.29) is 0 Å². The highest BCUT2D eigenvalue weighted by atomic mass is 32.2. The molecule has 2 nitrogen and oxygen atoms in total. The fourth-order valence-corrected chi connectivity index (χ4v) is 3.48. The lowest BCUT2D eigenvalue weighted by atomic mass is 10.1. The van der Waals surface area contributed by atoms with Crippen LogP contribution < -0.4 is 5.32 Å². The molecule has 1 heterocycles. The molecule has 23 heavy (non-hydrogen) atoms. The molecule has 0 fully saturated rings. The van der Waals surface area contributed by atoms with Crippen molar-refractivity contribution in [2.45, 2.75) is 22.5 Å². The van der Waals surface area contributed by atoms with E-state index in [1.807, 2.05) is 31.3 Å². The summed E-state index contributed by atoms with van der Waals surface area (Å²) < 4.78 is 38.3. The van der Waals surface area contributed by atoms with Gasteiger partial charge in [0.05, 0.1) is 5.56 Å². The molecule has 0 bridgehead atoms. The molecule has 0 radical (unpaired) electrons. The zero-order valence-corrected chi connectivity index (χ0v) is 13.2. The van der Waals surface area contributed by atoms with Crippen LogP contribution in [0.4, 0.5) is 13.2 Å². The third-order valence-corrected chi connectivity index (χ3v) is 4.71. The molecular formula is C17H15F3N2S. The van der Waals surface area contributed by atoms with Crippen LogP contribution in [-0.4, -0.2) is 12.0 Å². The van der Waals surface area contributed by atoms with Crippen molar-refractivity contribution < 1.29 is 13.2 Å². The Morgan fingerprint density at radius 1 is 1.09 bits per heavy atom. The lowest BCUT2D eigenvalue weighted by molar-refractivity contribution is -0.137. The fourth-order valence-electron chi connectivity index (χ4n) is 2.42. The van der Waals surface area contributed by atoms with Gasteiger partial charge >= 0.3 is 6.18 Å². The lowest BCUT2D eigenvalue weighted by Gasteiger charge is -2.08. The summed E-state index contributed by atoms with van der Waals surface area (Å²) in [5, 5.41) is 3.91. The van der Waals surface area contributed by atoms with Gasteiger partial charge in [0.2, 0.25) is 0 Å². The van der Waals surface area contributed by atoms with E-state index < -0.39 is 11.7 Å². The van der Waals surface area contributed by atoms with Gasteiger partial charge in [0, 0.05) is 33.4 Å². The molecule has 0 saturated heterocycles. The SMILES string of the molecule is CNCc1ccccc1Sc1c[nH]c2cc(C(F)(F)F)ccc12. The number of halogens is 3. The molecule has 1 aromatic heterocycles. The Morgan fingerprint density at radius 2 is 1.87 bits per heavy atom. The van der Waals surface area contributed by atoms with Gasteiger partial charge in [-0.25, -0.2) is 0 Å². The Balaban J connectivity index is 1.96. The molecule has 2 aromatic carbocycles. The van der Waals surface area contributed by atoms with E-state index in [2.05, 4.69) is 10.3 Å². The number of hydrogen-bond acceptors (Lipinski definition) is 2. The van der Waals surface area contributed by atoms with Crippen LogP contribution >= 0.6 is 11.8 Å². The van der Waals surface area contributed by atoms with Crippen molar-refractivity contribution in [2.24, 2.45) is 0 Å². The molecule has 0 amide bonds. The minimum Gasteiger partial charge on any atom is -0.360 e. The topological polar surface area (TPSA) is 27.8 Å². The van der Waals surface area contributed by atoms with Gasteiger partial charge in [-0.3, -0.25) is 0 Å². The van der Waals surface area contributed by atoms with E-state index >= 15 is 0 Å². The molecular weight excluding hydrogens is 321 g/mol. The first-order chi connectivity index (χ1) is 11.0. The van der Waals surface area contributed by atoms with Crippen molar-refractivity contribution >= 4 is 22.7 Å². The van der Waals surface area contributed by atoms with Gasteiger partial charge in [0.25, 0.3) is 0 Å². The molecule has 2 N–H and O–H groups in total. The predicted molar refractivity (Wildman–Crippen MR) is 86.6 cm³/mol. The van der Waals surface area contributed by atoms with Crippen LogP contribution in [0.2, 0.25) is 0 Å². The number of H-pyrrole nitrogens is 1. The number of aromatic amines is 1. The predicted octanol–water partition coefficient (Wildman–Crippen LogP) is 5.06. The van der Waals surface area contributed by atoms with Crippen molar-refractivity contribution in [1.29, 1.82) is 0 Å². The Kier molecular flexibility index (Phi) is 4.37. The van der Waals surface area contributed by atoms with Crippen molar-refractivity contribution in [3.63, 3.8) is 0 Å². The normalized spacial score (nSPS) is 12.0. The number of hydrogen-bond donors (Lipinski definition) is 2. The number of fused-ring (bicyclic) bond motifs is 1. The zero-order valence-electron chi connectivity index (χ0n) is 12.4. The number of rotatable bonds is 4. The molecule has 0 saturated carbocycles. The number of aromatic nitrogens is 1. The summed E-state index contributed by atoms with van der Waals surface area (Å²) in [5.41, 5.74) is 1.01. The summed E-state index contributed by atoms with van der Waals surface area (Å²) in [6.07, 6.45) is -2.57. The summed E-state index contributed by atoms with van der Waals surface area (Å²) >= 11 is 1.55. The van der Waals surface area contributed by atoms with Crippen LogP contribution in [-0.2, 0) is 12.7 Å². The van der Waals surface area contributed by atoms with Gasteiger partial charge in [-0.2, -0.15) is 13.2 Å². The van der Waals surface area contributed by atoms with Crippen LogP contribution in [0.15, 0.2) is 58.5 Å². The average molecular weight is 336 g/mol.